The van der Waals surface area contributed by atoms with E-state index in [1.165, 1.54) is 26.2 Å². The fourth-order valence-corrected chi connectivity index (χ4v) is 5.97. The zero-order valence-electron chi connectivity index (χ0n) is 21.2. The van der Waals surface area contributed by atoms with Gasteiger partial charge in [0.05, 0.1) is 19.1 Å². The summed E-state index contributed by atoms with van der Waals surface area (Å²) in [5.41, 5.74) is -2.58. The number of aliphatic hydroxyl groups excluding tert-OH is 3. The van der Waals surface area contributed by atoms with Crippen molar-refractivity contribution in [2.45, 2.75) is 69.5 Å². The molecule has 2 saturated heterocycles. The number of rotatable bonds is 8. The number of aromatic nitrogens is 4. The molecule has 10 N–H and O–H groups in total. The molecule has 0 amide bonds. The molecule has 0 spiro atoms. The van der Waals surface area contributed by atoms with Crippen LogP contribution in [0.25, 0.3) is 0 Å². The van der Waals surface area contributed by atoms with Crippen LogP contribution in [0.3, 0.4) is 0 Å². The molecule has 8 atom stereocenters. The Balaban J connectivity index is 0.00000441. The number of aromatic amines is 2. The van der Waals surface area contributed by atoms with Gasteiger partial charge in [-0.05, 0) is 25.7 Å². The number of ether oxygens (including phenoxy) is 2. The first kappa shape index (κ1) is 32.1. The van der Waals surface area contributed by atoms with Crippen LogP contribution in [0, 0.1) is 13.8 Å². The van der Waals surface area contributed by atoms with Gasteiger partial charge in [-0.25, -0.2) is 9.59 Å². The topological polar surface area (TPSA) is 283 Å². The van der Waals surface area contributed by atoms with Crippen molar-refractivity contribution in [3.63, 3.8) is 0 Å². The summed E-state index contributed by atoms with van der Waals surface area (Å²) in [6, 6.07) is 0. The lowest BCUT2D eigenvalue weighted by atomic mass is 10.1. The molecule has 2 aromatic heterocycles. The van der Waals surface area contributed by atoms with Gasteiger partial charge >= 0.3 is 18.1 Å². The average Bonchev–Trinajstić information content (AvgIpc) is 3.37. The highest BCUT2D eigenvalue weighted by molar-refractivity contribution is 8.07. The monoisotopic (exact) mass is 611 g/mol. The molecule has 0 bridgehead atoms. The maximum Gasteiger partial charge on any atom is 0.330 e. The van der Waals surface area contributed by atoms with Crippen LogP contribution in [-0.2, 0) is 30.3 Å². The molecule has 40 heavy (non-hydrogen) atoms. The van der Waals surface area contributed by atoms with Crippen molar-refractivity contribution in [2.75, 3.05) is 6.61 Å². The Hall–Kier alpha value is -2.39. The maximum atomic E-state index is 12.2. The smallest absolute Gasteiger partial charge is 0.330 e. The lowest BCUT2D eigenvalue weighted by Crippen LogP contribution is -2.43. The Morgan fingerprint density at radius 3 is 2.15 bits per heavy atom. The molecule has 2 aliphatic heterocycles. The molecule has 2 fully saturated rings. The standard InChI is InChI=1S/C20H27N4O13PS.H3N/c1-8-5-23(18(30)21-15(8)27)12-3-10(26)14(35-12)17(29)36-38(33,39)37-20(32)4-13(34-11(20)7-25)24-6-9(2)16(28)22-19(24)31;/h5-6,10-14,17,25-26,29,32H,3-4,7H2,1-2H3,(H,33,39)(H,21,27,30)(H,22,28,31);1H3/t10-,11+,12+,13+,14-,17?,20-,38?;/m0./s1. The Bertz CT molecular complexity index is 1520. The molecule has 18 nitrogen and oxygen atoms in total. The summed E-state index contributed by atoms with van der Waals surface area (Å²) < 4.78 is 23.2. The minimum Gasteiger partial charge on any atom is -0.393 e. The van der Waals surface area contributed by atoms with Crippen molar-refractivity contribution in [1.29, 1.82) is 0 Å². The van der Waals surface area contributed by atoms with Gasteiger partial charge in [0.15, 0.2) is 6.29 Å². The number of nitrogens with zero attached hydrogens (tertiary/aromatic N) is 2. The SMILES string of the molecule is Cc1cn([C@H]2C[C@H](O)[C@@H](C(O)OP(O)(=S)O[C@@]3(O)C[C@H](n4cc(C)c(=O)[nH]c4=O)O[C@@H]3CO)O2)c(=O)[nH]c1=O.N. The molecule has 0 radical (unpaired) electrons. The lowest BCUT2D eigenvalue weighted by molar-refractivity contribution is -0.203. The fraction of sp³-hybridized carbons (Fsp3) is 0.600. The minimum atomic E-state index is -4.57. The van der Waals surface area contributed by atoms with Gasteiger partial charge in [-0.1, -0.05) is 0 Å². The van der Waals surface area contributed by atoms with Crippen LogP contribution < -0.4 is 28.6 Å². The van der Waals surface area contributed by atoms with E-state index >= 15 is 0 Å². The number of H-pyrrole nitrogens is 2. The number of nitrogens with one attached hydrogen (secondary N) is 2. The van der Waals surface area contributed by atoms with Crippen LogP contribution in [-0.4, -0.2) is 81.4 Å². The van der Waals surface area contributed by atoms with E-state index in [2.05, 4.69) is 9.97 Å². The Morgan fingerprint density at radius 1 is 1.10 bits per heavy atom. The van der Waals surface area contributed by atoms with Crippen LogP contribution in [0.2, 0.25) is 0 Å². The molecule has 2 aromatic rings. The predicted octanol–water partition coefficient (Wildman–Crippen LogP) is -2.95. The highest BCUT2D eigenvalue weighted by atomic mass is 32.5. The quantitative estimate of drug-likeness (QED) is 0.109. The van der Waals surface area contributed by atoms with Crippen molar-refractivity contribution in [2.24, 2.45) is 0 Å². The Kier molecular flexibility index (Phi) is 9.51. The van der Waals surface area contributed by atoms with Gasteiger partial charge in [0.25, 0.3) is 11.1 Å². The van der Waals surface area contributed by atoms with Gasteiger partial charge < -0.3 is 40.9 Å². The molecular weight excluding hydrogens is 581 g/mol. The third-order valence-corrected chi connectivity index (χ3v) is 7.81. The van der Waals surface area contributed by atoms with Gasteiger partial charge in [0.1, 0.15) is 24.7 Å². The number of aryl methyl sites for hydroxylation is 2. The molecule has 2 aliphatic rings. The van der Waals surface area contributed by atoms with Crippen LogP contribution in [0.4, 0.5) is 0 Å². The summed E-state index contributed by atoms with van der Waals surface area (Å²) in [7, 11) is 0. The maximum absolute atomic E-state index is 12.2. The van der Waals surface area contributed by atoms with E-state index in [9.17, 15) is 44.5 Å². The Morgan fingerprint density at radius 2 is 1.62 bits per heavy atom. The molecule has 4 heterocycles. The number of hydrogen-bond acceptors (Lipinski definition) is 14. The highest BCUT2D eigenvalue weighted by Gasteiger charge is 2.53. The van der Waals surface area contributed by atoms with Gasteiger partial charge in [-0.15, -0.1) is 0 Å². The van der Waals surface area contributed by atoms with Crippen LogP contribution in [0.15, 0.2) is 31.6 Å². The predicted molar refractivity (Wildman–Crippen MR) is 137 cm³/mol. The summed E-state index contributed by atoms with van der Waals surface area (Å²) in [5.74, 6) is -2.51. The van der Waals surface area contributed by atoms with Gasteiger partial charge in [0, 0.05) is 29.9 Å². The van der Waals surface area contributed by atoms with Gasteiger partial charge in [-0.2, -0.15) is 0 Å². The number of hydrogen-bond donors (Lipinski definition) is 8. The second kappa shape index (κ2) is 11.8. The van der Waals surface area contributed by atoms with E-state index in [0.717, 1.165) is 9.13 Å². The van der Waals surface area contributed by atoms with Crippen molar-refractivity contribution in [3.05, 3.63) is 65.2 Å². The minimum absolute atomic E-state index is 0. The first-order chi connectivity index (χ1) is 18.1. The third-order valence-electron chi connectivity index (χ3n) is 6.30. The summed E-state index contributed by atoms with van der Waals surface area (Å²) in [5, 5.41) is 41.6. The van der Waals surface area contributed by atoms with E-state index < -0.39 is 85.1 Å². The third kappa shape index (κ3) is 6.40. The first-order valence-corrected chi connectivity index (χ1v) is 14.1. The van der Waals surface area contributed by atoms with E-state index in [4.69, 9.17) is 30.3 Å². The molecule has 0 aromatic carbocycles. The lowest BCUT2D eigenvalue weighted by Gasteiger charge is -2.32. The second-order valence-electron chi connectivity index (χ2n) is 9.18. The van der Waals surface area contributed by atoms with Crippen LogP contribution >= 0.6 is 6.72 Å². The van der Waals surface area contributed by atoms with E-state index in [0.29, 0.717) is 0 Å². The van der Waals surface area contributed by atoms with E-state index in [1.807, 2.05) is 0 Å². The molecule has 0 saturated carbocycles. The fourth-order valence-electron chi connectivity index (χ4n) is 4.29. The van der Waals surface area contributed by atoms with Gasteiger partial charge in [0.2, 0.25) is 5.79 Å². The average molecular weight is 612 g/mol. The normalized spacial score (nSPS) is 30.5. The van der Waals surface area contributed by atoms with Crippen molar-refractivity contribution < 1.29 is 43.8 Å². The van der Waals surface area contributed by atoms with E-state index in [-0.39, 0.29) is 23.7 Å². The summed E-state index contributed by atoms with van der Waals surface area (Å²) >= 11 is 4.91. The summed E-state index contributed by atoms with van der Waals surface area (Å²) in [6.45, 7) is -2.53. The van der Waals surface area contributed by atoms with Gasteiger partial charge in [-0.3, -0.25) is 37.7 Å². The molecular formula is C20H30N5O13PS. The zero-order valence-corrected chi connectivity index (χ0v) is 22.9. The molecule has 224 valence electrons. The summed E-state index contributed by atoms with van der Waals surface area (Å²) in [6.07, 6.45) is -7.34. The van der Waals surface area contributed by atoms with Crippen LogP contribution in [0.5, 0.6) is 0 Å². The molecule has 4 rings (SSSR count). The molecule has 0 aliphatic carbocycles. The van der Waals surface area contributed by atoms with Crippen LogP contribution in [0.1, 0.15) is 36.4 Å². The molecule has 2 unspecified atom stereocenters. The number of aliphatic hydroxyl groups is 4. The van der Waals surface area contributed by atoms with E-state index in [1.54, 1.807) is 0 Å². The van der Waals surface area contributed by atoms with Crippen molar-refractivity contribution in [1.82, 2.24) is 25.3 Å². The van der Waals surface area contributed by atoms with Crippen molar-refractivity contribution in [3.8, 4) is 0 Å². The zero-order chi connectivity index (χ0) is 28.9. The highest BCUT2D eigenvalue weighted by Crippen LogP contribution is 2.53. The largest absolute Gasteiger partial charge is 0.393 e. The summed E-state index contributed by atoms with van der Waals surface area (Å²) in [4.78, 5) is 62.4. The van der Waals surface area contributed by atoms with Crippen molar-refractivity contribution >= 4 is 18.5 Å². The first-order valence-electron chi connectivity index (χ1n) is 11.5. The second-order valence-corrected chi connectivity index (χ2v) is 11.9. The Labute approximate surface area is 229 Å². The molecule has 20 heteroatoms.